The highest BCUT2D eigenvalue weighted by atomic mass is 16.3. The SMILES string of the molecule is C1=C(Cc2ccccc2)C=C(c2ccccc2)C=C(c2ccc3c4ccccc4n(-c4cccc(-c5nc(-c6ccccc6)nc(-c6cccc7oc8ccccc8c67)n5)c4)c3c2)C1. The first-order chi connectivity index (χ1) is 31.7. The van der Waals surface area contributed by atoms with Crippen molar-refractivity contribution in [1.82, 2.24) is 19.5 Å². The molecule has 8 aromatic carbocycles. The normalized spacial score (nSPS) is 13.0. The van der Waals surface area contributed by atoms with Crippen molar-refractivity contribution in [2.24, 2.45) is 0 Å². The van der Waals surface area contributed by atoms with Crippen LogP contribution in [0.3, 0.4) is 0 Å². The van der Waals surface area contributed by atoms with Crippen LogP contribution in [0.1, 0.15) is 23.1 Å². The standard InChI is InChI=1S/C59H40N4O/c1-4-16-39(17-5-1)34-40-30-31-43(36-46(35-40)41-18-6-2-7-19-41)44-32-33-49-48-24-10-12-27-52(48)63(53(49)38-44)47-23-14-22-45(37-47)58-60-57(42-20-8-3-9-21-42)61-59(62-58)51-26-15-29-55-56(51)50-25-11-13-28-54(50)64-55/h1-30,32-33,35-38H,31,34H2. The topological polar surface area (TPSA) is 56.7 Å². The number of rotatable bonds is 8. The second kappa shape index (κ2) is 15.8. The molecule has 0 bridgehead atoms. The lowest BCUT2D eigenvalue weighted by atomic mass is 9.97. The van der Waals surface area contributed by atoms with E-state index in [0.29, 0.717) is 17.5 Å². The molecule has 11 aromatic rings. The lowest BCUT2D eigenvalue weighted by molar-refractivity contribution is 0.669. The van der Waals surface area contributed by atoms with E-state index in [9.17, 15) is 0 Å². The van der Waals surface area contributed by atoms with Crippen LogP contribution in [0, 0.1) is 0 Å². The van der Waals surface area contributed by atoms with Crippen LogP contribution in [0.15, 0.2) is 228 Å². The molecule has 64 heavy (non-hydrogen) atoms. The number of aromatic nitrogens is 4. The molecule has 5 nitrogen and oxygen atoms in total. The van der Waals surface area contributed by atoms with E-state index in [0.717, 1.165) is 68.2 Å². The Balaban J connectivity index is 0.999. The molecule has 0 aliphatic heterocycles. The summed E-state index contributed by atoms with van der Waals surface area (Å²) in [5, 5.41) is 4.42. The average molecular weight is 821 g/mol. The quantitative estimate of drug-likeness (QED) is 0.153. The first-order valence-electron chi connectivity index (χ1n) is 21.8. The number of allylic oxidation sites excluding steroid dienone is 6. The molecule has 1 aliphatic rings. The van der Waals surface area contributed by atoms with Gasteiger partial charge < -0.3 is 8.98 Å². The Hall–Kier alpha value is -8.41. The third-order valence-corrected chi connectivity index (χ3v) is 12.3. The minimum atomic E-state index is 0.592. The molecule has 0 N–H and O–H groups in total. The second-order valence-electron chi connectivity index (χ2n) is 16.4. The van der Waals surface area contributed by atoms with Crippen LogP contribution in [0.2, 0.25) is 0 Å². The minimum absolute atomic E-state index is 0.592. The van der Waals surface area contributed by atoms with Gasteiger partial charge in [-0.15, -0.1) is 0 Å². The van der Waals surface area contributed by atoms with E-state index in [1.54, 1.807) is 0 Å². The zero-order valence-electron chi connectivity index (χ0n) is 34.9. The highest BCUT2D eigenvalue weighted by Crippen LogP contribution is 2.39. The van der Waals surface area contributed by atoms with Gasteiger partial charge in [0.05, 0.1) is 11.0 Å². The van der Waals surface area contributed by atoms with Crippen molar-refractivity contribution in [2.75, 3.05) is 0 Å². The van der Waals surface area contributed by atoms with Crippen molar-refractivity contribution in [3.63, 3.8) is 0 Å². The molecular formula is C59H40N4O. The molecule has 5 heteroatoms. The maximum absolute atomic E-state index is 6.29. The van der Waals surface area contributed by atoms with Crippen molar-refractivity contribution in [3.05, 3.63) is 241 Å². The first-order valence-corrected chi connectivity index (χ1v) is 21.8. The Morgan fingerprint density at radius 2 is 1.09 bits per heavy atom. The minimum Gasteiger partial charge on any atom is -0.456 e. The summed E-state index contributed by atoms with van der Waals surface area (Å²) in [5.41, 5.74) is 15.2. The van der Waals surface area contributed by atoms with Crippen LogP contribution in [0.25, 0.3) is 94.7 Å². The molecule has 302 valence electrons. The smallest absolute Gasteiger partial charge is 0.164 e. The van der Waals surface area contributed by atoms with Gasteiger partial charge in [-0.3, -0.25) is 0 Å². The van der Waals surface area contributed by atoms with Crippen LogP contribution in [-0.4, -0.2) is 19.5 Å². The predicted octanol–water partition coefficient (Wildman–Crippen LogP) is 14.9. The Morgan fingerprint density at radius 1 is 0.453 bits per heavy atom. The highest BCUT2D eigenvalue weighted by Gasteiger charge is 2.20. The van der Waals surface area contributed by atoms with Gasteiger partial charge in [-0.25, -0.2) is 15.0 Å². The van der Waals surface area contributed by atoms with Gasteiger partial charge in [-0.1, -0.05) is 182 Å². The lowest BCUT2D eigenvalue weighted by Gasteiger charge is -2.13. The monoisotopic (exact) mass is 820 g/mol. The fourth-order valence-corrected chi connectivity index (χ4v) is 9.28. The molecule has 0 fully saturated rings. The number of para-hydroxylation sites is 2. The van der Waals surface area contributed by atoms with E-state index in [4.69, 9.17) is 19.4 Å². The summed E-state index contributed by atoms with van der Waals surface area (Å²) in [6, 6.07) is 70.1. The fraction of sp³-hybridized carbons (Fsp3) is 0.0339. The molecule has 0 radical (unpaired) electrons. The largest absolute Gasteiger partial charge is 0.456 e. The van der Waals surface area contributed by atoms with Gasteiger partial charge in [0.1, 0.15) is 11.2 Å². The number of fused-ring (bicyclic) bond motifs is 6. The van der Waals surface area contributed by atoms with Crippen molar-refractivity contribution < 1.29 is 4.42 Å². The summed E-state index contributed by atoms with van der Waals surface area (Å²) in [5.74, 6) is 1.80. The van der Waals surface area contributed by atoms with Crippen molar-refractivity contribution in [3.8, 4) is 39.9 Å². The maximum Gasteiger partial charge on any atom is 0.164 e. The number of nitrogens with zero attached hydrogens (tertiary/aromatic N) is 4. The van der Waals surface area contributed by atoms with E-state index >= 15 is 0 Å². The molecule has 0 amide bonds. The Bertz CT molecular complexity index is 3650. The molecular weight excluding hydrogens is 781 g/mol. The number of hydrogen-bond donors (Lipinski definition) is 0. The highest BCUT2D eigenvalue weighted by molar-refractivity contribution is 6.12. The van der Waals surface area contributed by atoms with Gasteiger partial charge in [0.25, 0.3) is 0 Å². The maximum atomic E-state index is 6.29. The predicted molar refractivity (Wildman–Crippen MR) is 263 cm³/mol. The molecule has 3 aromatic heterocycles. The van der Waals surface area contributed by atoms with Crippen molar-refractivity contribution in [2.45, 2.75) is 12.8 Å². The van der Waals surface area contributed by atoms with E-state index in [2.05, 4.69) is 162 Å². The molecule has 0 atom stereocenters. The number of hydrogen-bond acceptors (Lipinski definition) is 4. The Labute approximate surface area is 370 Å². The van der Waals surface area contributed by atoms with Gasteiger partial charge in [-0.05, 0) is 82.6 Å². The molecule has 0 saturated heterocycles. The Morgan fingerprint density at radius 3 is 1.92 bits per heavy atom. The van der Waals surface area contributed by atoms with Gasteiger partial charge in [0, 0.05) is 43.9 Å². The van der Waals surface area contributed by atoms with Gasteiger partial charge in [0.2, 0.25) is 0 Å². The molecule has 1 aliphatic carbocycles. The third-order valence-electron chi connectivity index (χ3n) is 12.3. The molecule has 0 spiro atoms. The van der Waals surface area contributed by atoms with E-state index < -0.39 is 0 Å². The van der Waals surface area contributed by atoms with E-state index in [1.807, 2.05) is 60.7 Å². The molecule has 0 saturated carbocycles. The second-order valence-corrected chi connectivity index (χ2v) is 16.4. The zero-order valence-corrected chi connectivity index (χ0v) is 34.9. The van der Waals surface area contributed by atoms with E-state index in [-0.39, 0.29) is 0 Å². The van der Waals surface area contributed by atoms with Crippen LogP contribution >= 0.6 is 0 Å². The summed E-state index contributed by atoms with van der Waals surface area (Å²) in [6.45, 7) is 0. The lowest BCUT2D eigenvalue weighted by Crippen LogP contribution is -2.01. The first kappa shape index (κ1) is 37.4. The Kier molecular flexibility index (Phi) is 9.23. The van der Waals surface area contributed by atoms with E-state index in [1.165, 1.54) is 44.2 Å². The summed E-state index contributed by atoms with van der Waals surface area (Å²) < 4.78 is 8.68. The number of benzene rings is 8. The van der Waals surface area contributed by atoms with Crippen LogP contribution < -0.4 is 0 Å². The zero-order chi connectivity index (χ0) is 42.4. The fourth-order valence-electron chi connectivity index (χ4n) is 9.28. The van der Waals surface area contributed by atoms with Gasteiger partial charge in [-0.2, -0.15) is 0 Å². The van der Waals surface area contributed by atoms with Crippen LogP contribution in [0.5, 0.6) is 0 Å². The average Bonchev–Trinajstić information content (AvgIpc) is 3.83. The molecule has 12 rings (SSSR count). The summed E-state index contributed by atoms with van der Waals surface area (Å²) in [7, 11) is 0. The summed E-state index contributed by atoms with van der Waals surface area (Å²) in [6.07, 6.45) is 8.86. The number of furan rings is 1. The van der Waals surface area contributed by atoms with Crippen molar-refractivity contribution in [1.29, 1.82) is 0 Å². The van der Waals surface area contributed by atoms with Gasteiger partial charge >= 0.3 is 0 Å². The molecule has 0 unspecified atom stereocenters. The van der Waals surface area contributed by atoms with Crippen LogP contribution in [0.4, 0.5) is 0 Å². The van der Waals surface area contributed by atoms with Crippen molar-refractivity contribution >= 4 is 54.9 Å². The van der Waals surface area contributed by atoms with Gasteiger partial charge in [0.15, 0.2) is 17.5 Å². The molecule has 3 heterocycles. The third kappa shape index (κ3) is 6.80. The van der Waals surface area contributed by atoms with Crippen LogP contribution in [-0.2, 0) is 6.42 Å². The summed E-state index contributed by atoms with van der Waals surface area (Å²) >= 11 is 0. The summed E-state index contributed by atoms with van der Waals surface area (Å²) in [4.78, 5) is 15.5.